The smallest absolute Gasteiger partial charge is 0.0761 e. The fraction of sp³-hybridized carbons (Fsp3) is 0.273. The van der Waals surface area contributed by atoms with E-state index in [1.165, 1.54) is 5.56 Å². The Labute approximate surface area is 73.4 Å². The van der Waals surface area contributed by atoms with Crippen molar-refractivity contribution in [2.24, 2.45) is 0 Å². The molecular weight excluding hydrogens is 148 g/mol. The lowest BCUT2D eigenvalue weighted by molar-refractivity contribution is 0.224. The lowest BCUT2D eigenvalue weighted by Crippen LogP contribution is -2.05. The van der Waals surface area contributed by atoms with Gasteiger partial charge in [-0.15, -0.1) is 0 Å². The topological polar surface area (TPSA) is 20.2 Å². The van der Waals surface area contributed by atoms with Crippen molar-refractivity contribution in [1.29, 1.82) is 0 Å². The Bertz CT molecular complexity index is 238. The first-order valence-electron chi connectivity index (χ1n) is 4.17. The summed E-state index contributed by atoms with van der Waals surface area (Å²) >= 11 is 0. The SMILES string of the molecule is C/C=C/C(O)Cc1ccccc1. The van der Waals surface area contributed by atoms with Crippen LogP contribution >= 0.6 is 0 Å². The van der Waals surface area contributed by atoms with E-state index < -0.39 is 0 Å². The average Bonchev–Trinajstić information content (AvgIpc) is 2.06. The highest BCUT2D eigenvalue weighted by Gasteiger charge is 1.98. The summed E-state index contributed by atoms with van der Waals surface area (Å²) < 4.78 is 0. The highest BCUT2D eigenvalue weighted by molar-refractivity contribution is 5.16. The van der Waals surface area contributed by atoms with Crippen LogP contribution in [0.3, 0.4) is 0 Å². The summed E-state index contributed by atoms with van der Waals surface area (Å²) in [6.45, 7) is 1.91. The molecule has 0 fully saturated rings. The third-order valence-electron chi connectivity index (χ3n) is 1.70. The van der Waals surface area contributed by atoms with Crippen LogP contribution in [0.4, 0.5) is 0 Å². The Morgan fingerprint density at radius 1 is 1.33 bits per heavy atom. The molecule has 0 heterocycles. The van der Waals surface area contributed by atoms with Crippen molar-refractivity contribution < 1.29 is 5.11 Å². The normalized spacial score (nSPS) is 13.5. The van der Waals surface area contributed by atoms with Crippen LogP contribution in [0.15, 0.2) is 42.5 Å². The van der Waals surface area contributed by atoms with Gasteiger partial charge in [-0.25, -0.2) is 0 Å². The van der Waals surface area contributed by atoms with Crippen LogP contribution in [0, 0.1) is 0 Å². The Morgan fingerprint density at radius 3 is 2.58 bits per heavy atom. The van der Waals surface area contributed by atoms with Crippen LogP contribution in [-0.4, -0.2) is 11.2 Å². The maximum atomic E-state index is 9.42. The van der Waals surface area contributed by atoms with Gasteiger partial charge in [-0.2, -0.15) is 0 Å². The highest BCUT2D eigenvalue weighted by atomic mass is 16.3. The van der Waals surface area contributed by atoms with E-state index >= 15 is 0 Å². The molecule has 0 amide bonds. The average molecular weight is 162 g/mol. The van der Waals surface area contributed by atoms with E-state index in [4.69, 9.17) is 0 Å². The van der Waals surface area contributed by atoms with Gasteiger partial charge in [0.15, 0.2) is 0 Å². The third kappa shape index (κ3) is 2.89. The zero-order valence-electron chi connectivity index (χ0n) is 7.27. The molecule has 0 aliphatic carbocycles. The molecule has 1 unspecified atom stereocenters. The zero-order chi connectivity index (χ0) is 8.81. The maximum Gasteiger partial charge on any atom is 0.0761 e. The van der Waals surface area contributed by atoms with Gasteiger partial charge in [0.25, 0.3) is 0 Å². The molecule has 0 bridgehead atoms. The zero-order valence-corrected chi connectivity index (χ0v) is 7.27. The molecule has 0 saturated heterocycles. The van der Waals surface area contributed by atoms with E-state index in [9.17, 15) is 5.11 Å². The summed E-state index contributed by atoms with van der Waals surface area (Å²) in [5, 5.41) is 9.42. The Balaban J connectivity index is 2.52. The minimum absolute atomic E-state index is 0.350. The number of aliphatic hydroxyl groups excluding tert-OH is 1. The van der Waals surface area contributed by atoms with Crippen molar-refractivity contribution in [2.45, 2.75) is 19.4 Å². The largest absolute Gasteiger partial charge is 0.389 e. The van der Waals surface area contributed by atoms with Crippen LogP contribution in [0.5, 0.6) is 0 Å². The number of hydrogen-bond donors (Lipinski definition) is 1. The summed E-state index contributed by atoms with van der Waals surface area (Å²) in [5.41, 5.74) is 1.17. The lowest BCUT2D eigenvalue weighted by atomic mass is 10.1. The fourth-order valence-corrected chi connectivity index (χ4v) is 1.15. The minimum Gasteiger partial charge on any atom is -0.389 e. The molecule has 1 N–H and O–H groups in total. The summed E-state index contributed by atoms with van der Waals surface area (Å²) in [6.07, 6.45) is 4.02. The van der Waals surface area contributed by atoms with Crippen molar-refractivity contribution in [1.82, 2.24) is 0 Å². The molecular formula is C11H14O. The van der Waals surface area contributed by atoms with Gasteiger partial charge >= 0.3 is 0 Å². The van der Waals surface area contributed by atoms with Gasteiger partial charge < -0.3 is 5.11 Å². The summed E-state index contributed by atoms with van der Waals surface area (Å²) in [4.78, 5) is 0. The molecule has 1 aromatic rings. The van der Waals surface area contributed by atoms with E-state index in [0.717, 1.165) is 0 Å². The third-order valence-corrected chi connectivity index (χ3v) is 1.70. The molecule has 0 aliphatic rings. The molecule has 0 radical (unpaired) electrons. The second kappa shape index (κ2) is 4.73. The number of allylic oxidation sites excluding steroid dienone is 1. The first-order chi connectivity index (χ1) is 5.83. The van der Waals surface area contributed by atoms with Crippen LogP contribution in [-0.2, 0) is 6.42 Å². The van der Waals surface area contributed by atoms with Gasteiger partial charge in [0.2, 0.25) is 0 Å². The molecule has 1 heteroatoms. The molecule has 0 saturated carbocycles. The summed E-state index contributed by atoms with van der Waals surface area (Å²) in [5.74, 6) is 0. The van der Waals surface area contributed by atoms with E-state index in [0.29, 0.717) is 6.42 Å². The van der Waals surface area contributed by atoms with Gasteiger partial charge in [-0.3, -0.25) is 0 Å². The first-order valence-corrected chi connectivity index (χ1v) is 4.17. The highest BCUT2D eigenvalue weighted by Crippen LogP contribution is 2.03. The first kappa shape index (κ1) is 9.01. The fourth-order valence-electron chi connectivity index (χ4n) is 1.15. The molecule has 1 nitrogen and oxygen atoms in total. The van der Waals surface area contributed by atoms with Crippen LogP contribution in [0.2, 0.25) is 0 Å². The van der Waals surface area contributed by atoms with Gasteiger partial charge in [0, 0.05) is 6.42 Å². The van der Waals surface area contributed by atoms with Crippen LogP contribution < -0.4 is 0 Å². The Hall–Kier alpha value is -1.08. The quantitative estimate of drug-likeness (QED) is 0.675. The van der Waals surface area contributed by atoms with Crippen molar-refractivity contribution in [3.63, 3.8) is 0 Å². The number of hydrogen-bond acceptors (Lipinski definition) is 1. The number of rotatable bonds is 3. The second-order valence-corrected chi connectivity index (χ2v) is 2.78. The van der Waals surface area contributed by atoms with Gasteiger partial charge in [0.05, 0.1) is 6.10 Å². The Morgan fingerprint density at radius 2 is 2.00 bits per heavy atom. The van der Waals surface area contributed by atoms with E-state index in [-0.39, 0.29) is 6.10 Å². The van der Waals surface area contributed by atoms with Crippen molar-refractivity contribution in [3.8, 4) is 0 Å². The number of benzene rings is 1. The van der Waals surface area contributed by atoms with E-state index in [1.54, 1.807) is 6.08 Å². The van der Waals surface area contributed by atoms with Crippen molar-refractivity contribution in [2.75, 3.05) is 0 Å². The molecule has 0 aliphatic heterocycles. The van der Waals surface area contributed by atoms with Gasteiger partial charge in [-0.1, -0.05) is 42.5 Å². The molecule has 12 heavy (non-hydrogen) atoms. The predicted octanol–water partition coefficient (Wildman–Crippen LogP) is 2.17. The van der Waals surface area contributed by atoms with Crippen molar-refractivity contribution >= 4 is 0 Å². The second-order valence-electron chi connectivity index (χ2n) is 2.78. The molecule has 64 valence electrons. The van der Waals surface area contributed by atoms with Crippen LogP contribution in [0.1, 0.15) is 12.5 Å². The minimum atomic E-state index is -0.350. The molecule has 1 aromatic carbocycles. The molecule has 1 atom stereocenters. The van der Waals surface area contributed by atoms with Crippen LogP contribution in [0.25, 0.3) is 0 Å². The summed E-state index contributed by atoms with van der Waals surface area (Å²) in [7, 11) is 0. The number of aliphatic hydroxyl groups is 1. The van der Waals surface area contributed by atoms with Gasteiger partial charge in [0.1, 0.15) is 0 Å². The summed E-state index contributed by atoms with van der Waals surface area (Å²) in [6, 6.07) is 9.99. The standard InChI is InChI=1S/C11H14O/c1-2-6-11(12)9-10-7-4-3-5-8-10/h2-8,11-12H,9H2,1H3/b6-2+. The molecule has 0 spiro atoms. The predicted molar refractivity (Wildman–Crippen MR) is 51.0 cm³/mol. The van der Waals surface area contributed by atoms with E-state index in [2.05, 4.69) is 0 Å². The van der Waals surface area contributed by atoms with E-state index in [1.807, 2.05) is 43.3 Å². The molecule has 1 rings (SSSR count). The maximum absolute atomic E-state index is 9.42. The van der Waals surface area contributed by atoms with Gasteiger partial charge in [-0.05, 0) is 12.5 Å². The van der Waals surface area contributed by atoms with Crippen molar-refractivity contribution in [3.05, 3.63) is 48.0 Å². The monoisotopic (exact) mass is 162 g/mol. The Kier molecular flexibility index (Phi) is 3.55. The lowest BCUT2D eigenvalue weighted by Gasteiger charge is -2.04. The molecule has 0 aromatic heterocycles.